The summed E-state index contributed by atoms with van der Waals surface area (Å²) in [7, 11) is 1.54. The molecule has 10 nitrogen and oxygen atoms in total. The van der Waals surface area contributed by atoms with Crippen LogP contribution >= 0.6 is 0 Å². The summed E-state index contributed by atoms with van der Waals surface area (Å²) in [5.41, 5.74) is -0.0522. The van der Waals surface area contributed by atoms with Crippen molar-refractivity contribution < 1.29 is 32.3 Å². The molecule has 13 heteroatoms. The van der Waals surface area contributed by atoms with Crippen LogP contribution in [0, 0.1) is 0 Å². The number of aromatic nitrogens is 3. The molecule has 38 heavy (non-hydrogen) atoms. The second kappa shape index (κ2) is 9.88. The molecule has 1 aliphatic carbocycles. The van der Waals surface area contributed by atoms with Gasteiger partial charge in [-0.15, -0.1) is 0 Å². The Morgan fingerprint density at radius 1 is 1.08 bits per heavy atom. The van der Waals surface area contributed by atoms with Gasteiger partial charge in [-0.1, -0.05) is 0 Å². The summed E-state index contributed by atoms with van der Waals surface area (Å²) in [6, 6.07) is 4.79. The maximum absolute atomic E-state index is 13.1. The Morgan fingerprint density at radius 2 is 1.84 bits per heavy atom. The average Bonchev–Trinajstić information content (AvgIpc) is 3.21. The largest absolute Gasteiger partial charge is 0.474 e. The summed E-state index contributed by atoms with van der Waals surface area (Å²) < 4.78 is 45.4. The number of nitrogens with one attached hydrogen (secondary N) is 1. The van der Waals surface area contributed by atoms with Crippen molar-refractivity contribution in [1.29, 1.82) is 0 Å². The number of ether oxygens (including phenoxy) is 1. The number of imide groups is 1. The van der Waals surface area contributed by atoms with E-state index in [-0.39, 0.29) is 24.2 Å². The maximum atomic E-state index is 13.1. The van der Waals surface area contributed by atoms with Gasteiger partial charge in [0.15, 0.2) is 0 Å². The highest BCUT2D eigenvalue weighted by Gasteiger charge is 2.43. The van der Waals surface area contributed by atoms with Crippen molar-refractivity contribution in [3.63, 3.8) is 0 Å². The molecule has 198 valence electrons. The summed E-state index contributed by atoms with van der Waals surface area (Å²) in [6.07, 6.45) is 0.347. The average molecular weight is 528 g/mol. The second-order valence-corrected chi connectivity index (χ2v) is 9.10. The van der Waals surface area contributed by atoms with Gasteiger partial charge in [0.25, 0.3) is 11.8 Å². The normalized spacial score (nSPS) is 20.2. The molecule has 1 aromatic carbocycles. The molecule has 2 aliphatic rings. The van der Waals surface area contributed by atoms with Crippen molar-refractivity contribution in [3.05, 3.63) is 54.1 Å². The molecule has 0 bridgehead atoms. The zero-order valence-corrected chi connectivity index (χ0v) is 20.2. The van der Waals surface area contributed by atoms with E-state index < -0.39 is 29.7 Å². The molecular formula is C25H23F3N6O4. The third-order valence-electron chi connectivity index (χ3n) is 6.74. The van der Waals surface area contributed by atoms with Crippen LogP contribution in [0.5, 0.6) is 5.88 Å². The highest BCUT2D eigenvalue weighted by molar-refractivity contribution is 6.12. The SMILES string of the molecule is CNC(=O)c1ccc2c(OC3CCC(N4C(=O)CN(c5cncc(C(F)(F)F)c5)C4=O)CC3)ncnc2c1. The van der Waals surface area contributed by atoms with Crippen LogP contribution in [0.3, 0.4) is 0 Å². The monoisotopic (exact) mass is 528 g/mol. The number of fused-ring (bicyclic) bond motifs is 1. The number of anilines is 1. The van der Waals surface area contributed by atoms with Crippen LogP contribution in [-0.2, 0) is 11.0 Å². The number of pyridine rings is 1. The summed E-state index contributed by atoms with van der Waals surface area (Å²) in [6.45, 7) is -0.344. The maximum Gasteiger partial charge on any atom is 0.417 e. The molecule has 2 fully saturated rings. The van der Waals surface area contributed by atoms with E-state index in [1.54, 1.807) is 25.2 Å². The fraction of sp³-hybridized carbons (Fsp3) is 0.360. The van der Waals surface area contributed by atoms with E-state index in [1.165, 1.54) is 6.33 Å². The molecule has 3 heterocycles. The highest BCUT2D eigenvalue weighted by Crippen LogP contribution is 2.34. The number of carbonyl (C=O) groups excluding carboxylic acids is 3. The van der Waals surface area contributed by atoms with E-state index in [4.69, 9.17) is 4.74 Å². The third-order valence-corrected chi connectivity index (χ3v) is 6.74. The molecule has 4 amide bonds. The Kier molecular flexibility index (Phi) is 6.59. The number of carbonyl (C=O) groups is 3. The van der Waals surface area contributed by atoms with E-state index in [2.05, 4.69) is 20.3 Å². The smallest absolute Gasteiger partial charge is 0.417 e. The Balaban J connectivity index is 1.25. The molecule has 0 unspecified atom stereocenters. The number of rotatable bonds is 5. The summed E-state index contributed by atoms with van der Waals surface area (Å²) in [5.74, 6) is -0.329. The highest BCUT2D eigenvalue weighted by atomic mass is 19.4. The molecule has 1 aliphatic heterocycles. The minimum absolute atomic E-state index is 0.0760. The van der Waals surface area contributed by atoms with E-state index in [1.807, 2.05) is 0 Å². The fourth-order valence-electron chi connectivity index (χ4n) is 4.80. The first-order valence-corrected chi connectivity index (χ1v) is 11.9. The zero-order valence-electron chi connectivity index (χ0n) is 20.2. The molecule has 5 rings (SSSR count). The molecule has 0 atom stereocenters. The topological polar surface area (TPSA) is 118 Å². The standard InChI is InChI=1S/C25H23F3N6O4/c1-29-22(36)14-2-7-19-20(8-14)31-13-32-23(19)38-18-5-3-16(4-6-18)34-21(35)12-33(24(34)37)17-9-15(10-30-11-17)25(26,27)28/h2,7-11,13,16,18H,3-6,12H2,1H3,(H,29,36). The first kappa shape index (κ1) is 25.4. The lowest BCUT2D eigenvalue weighted by Gasteiger charge is -2.33. The van der Waals surface area contributed by atoms with Crippen molar-refractivity contribution in [2.24, 2.45) is 0 Å². The predicted molar refractivity (Wildman–Crippen MR) is 128 cm³/mol. The van der Waals surface area contributed by atoms with Crippen molar-refractivity contribution in [3.8, 4) is 5.88 Å². The quantitative estimate of drug-likeness (QED) is 0.503. The number of hydrogen-bond acceptors (Lipinski definition) is 7. The molecule has 0 radical (unpaired) electrons. The number of amides is 4. The first-order chi connectivity index (χ1) is 18.2. The minimum atomic E-state index is -4.62. The lowest BCUT2D eigenvalue weighted by Crippen LogP contribution is -2.44. The van der Waals surface area contributed by atoms with E-state index in [9.17, 15) is 27.6 Å². The Labute approximate surface area is 214 Å². The predicted octanol–water partition coefficient (Wildman–Crippen LogP) is 3.56. The molecule has 1 saturated heterocycles. The molecule has 0 spiro atoms. The second-order valence-electron chi connectivity index (χ2n) is 9.10. The molecular weight excluding hydrogens is 505 g/mol. The van der Waals surface area contributed by atoms with E-state index >= 15 is 0 Å². The molecule has 1 N–H and O–H groups in total. The number of hydrogen-bond donors (Lipinski definition) is 1. The number of alkyl halides is 3. The van der Waals surface area contributed by atoms with Crippen LogP contribution in [0.25, 0.3) is 10.9 Å². The third kappa shape index (κ3) is 4.83. The zero-order chi connectivity index (χ0) is 27.0. The lowest BCUT2D eigenvalue weighted by atomic mass is 9.92. The van der Waals surface area contributed by atoms with Gasteiger partial charge in [0.1, 0.15) is 19.0 Å². The van der Waals surface area contributed by atoms with Gasteiger partial charge >= 0.3 is 12.2 Å². The van der Waals surface area contributed by atoms with Crippen molar-refractivity contribution >= 4 is 34.4 Å². The van der Waals surface area contributed by atoms with Crippen molar-refractivity contribution in [1.82, 2.24) is 25.2 Å². The number of nitrogens with zero attached hydrogens (tertiary/aromatic N) is 5. The number of halogens is 3. The molecule has 1 saturated carbocycles. The summed E-state index contributed by atoms with van der Waals surface area (Å²) in [5, 5.41) is 3.21. The van der Waals surface area contributed by atoms with Gasteiger partial charge in [-0.25, -0.2) is 14.8 Å². The summed E-state index contributed by atoms with van der Waals surface area (Å²) >= 11 is 0. The Bertz CT molecular complexity index is 1410. The van der Waals surface area contributed by atoms with Gasteiger partial charge in [-0.2, -0.15) is 13.2 Å². The van der Waals surface area contributed by atoms with Gasteiger partial charge in [0.2, 0.25) is 5.88 Å². The number of benzene rings is 1. The van der Waals surface area contributed by atoms with Crippen LogP contribution in [0.1, 0.15) is 41.6 Å². The Morgan fingerprint density at radius 3 is 2.55 bits per heavy atom. The van der Waals surface area contributed by atoms with Gasteiger partial charge in [-0.05, 0) is 49.9 Å². The van der Waals surface area contributed by atoms with Gasteiger partial charge in [-0.3, -0.25) is 24.4 Å². The van der Waals surface area contributed by atoms with Crippen LogP contribution < -0.4 is 15.0 Å². The lowest BCUT2D eigenvalue weighted by molar-refractivity contribution is -0.137. The Hall–Kier alpha value is -4.29. The van der Waals surface area contributed by atoms with Crippen LogP contribution in [-0.4, -0.2) is 63.4 Å². The van der Waals surface area contributed by atoms with Gasteiger partial charge in [0, 0.05) is 24.8 Å². The van der Waals surface area contributed by atoms with Gasteiger partial charge < -0.3 is 10.1 Å². The van der Waals surface area contributed by atoms with E-state index in [0.29, 0.717) is 54.2 Å². The summed E-state index contributed by atoms with van der Waals surface area (Å²) in [4.78, 5) is 51.9. The first-order valence-electron chi connectivity index (χ1n) is 11.9. The molecule has 3 aromatic rings. The van der Waals surface area contributed by atoms with Crippen LogP contribution in [0.15, 0.2) is 43.0 Å². The van der Waals surface area contributed by atoms with Crippen molar-refractivity contribution in [2.45, 2.75) is 44.0 Å². The molecule has 2 aromatic heterocycles. The number of urea groups is 1. The van der Waals surface area contributed by atoms with Gasteiger partial charge in [0.05, 0.1) is 28.4 Å². The van der Waals surface area contributed by atoms with Crippen LogP contribution in [0.2, 0.25) is 0 Å². The fourth-order valence-corrected chi connectivity index (χ4v) is 4.80. The van der Waals surface area contributed by atoms with E-state index in [0.717, 1.165) is 22.1 Å². The van der Waals surface area contributed by atoms with Crippen LogP contribution in [0.4, 0.5) is 23.7 Å². The van der Waals surface area contributed by atoms with Crippen molar-refractivity contribution in [2.75, 3.05) is 18.5 Å². The minimum Gasteiger partial charge on any atom is -0.474 e.